The molecule has 1 unspecified atom stereocenters. The first-order valence-corrected chi connectivity index (χ1v) is 8.52. The molecule has 2 rings (SSSR count). The van der Waals surface area contributed by atoms with Crippen LogP contribution in [-0.2, 0) is 12.1 Å². The molecular weight excluding hydrogens is 316 g/mol. The van der Waals surface area contributed by atoms with Crippen LogP contribution in [0.25, 0.3) is 0 Å². The van der Waals surface area contributed by atoms with Gasteiger partial charge in [-0.05, 0) is 25.0 Å². The molecule has 2 aromatic rings. The van der Waals surface area contributed by atoms with Crippen LogP contribution >= 0.6 is 0 Å². The van der Waals surface area contributed by atoms with Crippen LogP contribution in [0.1, 0.15) is 31.4 Å². The number of benzene rings is 2. The molecular formula is C20H26N2O3. The van der Waals surface area contributed by atoms with Gasteiger partial charge < -0.3 is 20.5 Å². The molecule has 2 aromatic carbocycles. The van der Waals surface area contributed by atoms with Crippen LogP contribution in [0.3, 0.4) is 0 Å². The molecule has 0 saturated carbocycles. The third-order valence-corrected chi connectivity index (χ3v) is 4.27. The predicted molar refractivity (Wildman–Crippen MR) is 98.5 cm³/mol. The van der Waals surface area contributed by atoms with Gasteiger partial charge in [0.2, 0.25) is 0 Å². The number of aliphatic hydroxyl groups excluding tert-OH is 1. The fraction of sp³-hybridized carbons (Fsp3) is 0.350. The zero-order chi connectivity index (χ0) is 18.1. The van der Waals surface area contributed by atoms with E-state index in [1.165, 1.54) is 0 Å². The summed E-state index contributed by atoms with van der Waals surface area (Å²) in [5, 5.41) is 14.8. The minimum atomic E-state index is -0.432. The number of urea groups is 1. The number of ether oxygens (including phenoxy) is 1. The van der Waals surface area contributed by atoms with E-state index >= 15 is 0 Å². The number of rotatable bonds is 8. The van der Waals surface area contributed by atoms with E-state index in [0.717, 1.165) is 17.5 Å². The molecule has 0 aliphatic rings. The lowest BCUT2D eigenvalue weighted by Gasteiger charge is -2.30. The van der Waals surface area contributed by atoms with Crippen molar-refractivity contribution in [2.75, 3.05) is 13.2 Å². The molecule has 5 nitrogen and oxygen atoms in total. The molecule has 0 aromatic heterocycles. The Labute approximate surface area is 149 Å². The molecule has 134 valence electrons. The van der Waals surface area contributed by atoms with Crippen LogP contribution in [0.15, 0.2) is 54.6 Å². The van der Waals surface area contributed by atoms with Crippen molar-refractivity contribution in [3.8, 4) is 5.75 Å². The largest absolute Gasteiger partial charge is 0.491 e. The van der Waals surface area contributed by atoms with E-state index in [1.807, 2.05) is 68.4 Å². The fourth-order valence-corrected chi connectivity index (χ4v) is 2.59. The van der Waals surface area contributed by atoms with Crippen LogP contribution in [0.5, 0.6) is 5.75 Å². The predicted octanol–water partition coefficient (Wildman–Crippen LogP) is 3.18. The van der Waals surface area contributed by atoms with Crippen molar-refractivity contribution in [1.82, 2.24) is 10.6 Å². The van der Waals surface area contributed by atoms with Crippen molar-refractivity contribution in [3.63, 3.8) is 0 Å². The maximum absolute atomic E-state index is 12.4. The fourth-order valence-electron chi connectivity index (χ4n) is 2.59. The molecule has 0 bridgehead atoms. The van der Waals surface area contributed by atoms with Crippen molar-refractivity contribution < 1.29 is 14.6 Å². The summed E-state index contributed by atoms with van der Waals surface area (Å²) >= 11 is 0. The van der Waals surface area contributed by atoms with E-state index < -0.39 is 5.54 Å². The molecule has 0 spiro atoms. The quantitative estimate of drug-likeness (QED) is 0.690. The molecule has 0 fully saturated rings. The molecule has 0 heterocycles. The van der Waals surface area contributed by atoms with E-state index in [9.17, 15) is 4.79 Å². The first-order chi connectivity index (χ1) is 12.1. The smallest absolute Gasteiger partial charge is 0.315 e. The second-order valence-corrected chi connectivity index (χ2v) is 6.04. The van der Waals surface area contributed by atoms with E-state index in [2.05, 4.69) is 10.6 Å². The molecule has 25 heavy (non-hydrogen) atoms. The van der Waals surface area contributed by atoms with E-state index in [1.54, 1.807) is 0 Å². The molecule has 1 atom stereocenters. The number of carbonyl (C=O) groups is 1. The van der Waals surface area contributed by atoms with Crippen LogP contribution in [0.2, 0.25) is 0 Å². The summed E-state index contributed by atoms with van der Waals surface area (Å²) in [7, 11) is 0. The SMILES string of the molecule is CCC(C)(NC(=O)NCc1ccccc1OCCO)c1ccccc1. The van der Waals surface area contributed by atoms with Crippen molar-refractivity contribution >= 4 is 6.03 Å². The highest BCUT2D eigenvalue weighted by atomic mass is 16.5. The summed E-state index contributed by atoms with van der Waals surface area (Å²) in [6.07, 6.45) is 0.778. The van der Waals surface area contributed by atoms with Crippen LogP contribution in [-0.4, -0.2) is 24.4 Å². The molecule has 5 heteroatoms. The standard InChI is InChI=1S/C20H26N2O3/c1-3-20(2,17-10-5-4-6-11-17)22-19(24)21-15-16-9-7-8-12-18(16)25-14-13-23/h4-12,23H,3,13-15H2,1-2H3,(H2,21,22,24). The number of nitrogens with one attached hydrogen (secondary N) is 2. The average molecular weight is 342 g/mol. The van der Waals surface area contributed by atoms with Crippen molar-refractivity contribution in [2.24, 2.45) is 0 Å². The van der Waals surface area contributed by atoms with E-state index in [4.69, 9.17) is 9.84 Å². The second-order valence-electron chi connectivity index (χ2n) is 6.04. The van der Waals surface area contributed by atoms with Crippen LogP contribution in [0.4, 0.5) is 4.79 Å². The molecule has 0 saturated heterocycles. The lowest BCUT2D eigenvalue weighted by Crippen LogP contribution is -2.47. The topological polar surface area (TPSA) is 70.6 Å². The maximum Gasteiger partial charge on any atom is 0.315 e. The minimum absolute atomic E-state index is 0.0474. The van der Waals surface area contributed by atoms with Gasteiger partial charge in [-0.1, -0.05) is 55.5 Å². The normalized spacial score (nSPS) is 12.9. The third kappa shape index (κ3) is 5.22. The Morgan fingerprint density at radius 2 is 1.80 bits per heavy atom. The van der Waals surface area contributed by atoms with Gasteiger partial charge in [-0.3, -0.25) is 0 Å². The van der Waals surface area contributed by atoms with E-state index in [-0.39, 0.29) is 19.2 Å². The number of carbonyl (C=O) groups excluding carboxylic acids is 1. The Kier molecular flexibility index (Phi) is 6.83. The Morgan fingerprint density at radius 3 is 2.48 bits per heavy atom. The summed E-state index contributed by atoms with van der Waals surface area (Å²) in [5.74, 6) is 0.665. The van der Waals surface area contributed by atoms with Gasteiger partial charge in [-0.25, -0.2) is 4.79 Å². The minimum Gasteiger partial charge on any atom is -0.491 e. The summed E-state index contributed by atoms with van der Waals surface area (Å²) < 4.78 is 5.49. The van der Waals surface area contributed by atoms with Gasteiger partial charge in [-0.2, -0.15) is 0 Å². The number of aliphatic hydroxyl groups is 1. The summed E-state index contributed by atoms with van der Waals surface area (Å²) in [6, 6.07) is 17.2. The van der Waals surface area contributed by atoms with Gasteiger partial charge in [0.15, 0.2) is 0 Å². The molecule has 2 amide bonds. The van der Waals surface area contributed by atoms with Crippen LogP contribution in [0, 0.1) is 0 Å². The van der Waals surface area contributed by atoms with E-state index in [0.29, 0.717) is 12.3 Å². The van der Waals surface area contributed by atoms with Gasteiger partial charge in [0.05, 0.1) is 12.1 Å². The molecule has 0 aliphatic heterocycles. The molecule has 0 aliphatic carbocycles. The summed E-state index contributed by atoms with van der Waals surface area (Å²) in [4.78, 5) is 12.4. The number of amides is 2. The summed E-state index contributed by atoms with van der Waals surface area (Å²) in [5.41, 5.74) is 1.50. The van der Waals surface area contributed by atoms with Crippen molar-refractivity contribution in [1.29, 1.82) is 0 Å². The highest BCUT2D eigenvalue weighted by Gasteiger charge is 2.26. The first kappa shape index (κ1) is 18.8. The van der Waals surface area contributed by atoms with Crippen LogP contribution < -0.4 is 15.4 Å². The maximum atomic E-state index is 12.4. The monoisotopic (exact) mass is 342 g/mol. The lowest BCUT2D eigenvalue weighted by molar-refractivity contribution is 0.200. The zero-order valence-electron chi connectivity index (χ0n) is 14.8. The van der Waals surface area contributed by atoms with Gasteiger partial charge in [0.1, 0.15) is 12.4 Å². The second kappa shape index (κ2) is 9.08. The Bertz CT molecular complexity index is 676. The van der Waals surface area contributed by atoms with Crippen molar-refractivity contribution in [2.45, 2.75) is 32.4 Å². The van der Waals surface area contributed by atoms with Gasteiger partial charge in [-0.15, -0.1) is 0 Å². The number of hydrogen-bond acceptors (Lipinski definition) is 3. The third-order valence-electron chi connectivity index (χ3n) is 4.27. The van der Waals surface area contributed by atoms with Gasteiger partial charge in [0, 0.05) is 12.1 Å². The number of hydrogen-bond donors (Lipinski definition) is 3. The highest BCUT2D eigenvalue weighted by Crippen LogP contribution is 2.24. The van der Waals surface area contributed by atoms with Gasteiger partial charge in [0.25, 0.3) is 0 Å². The zero-order valence-corrected chi connectivity index (χ0v) is 14.8. The lowest BCUT2D eigenvalue weighted by atomic mass is 9.89. The molecule has 0 radical (unpaired) electrons. The summed E-state index contributed by atoms with van der Waals surface area (Å²) in [6.45, 7) is 4.59. The van der Waals surface area contributed by atoms with Gasteiger partial charge >= 0.3 is 6.03 Å². The molecule has 3 N–H and O–H groups in total. The Balaban J connectivity index is 1.99. The average Bonchev–Trinajstić information content (AvgIpc) is 2.66. The number of para-hydroxylation sites is 1. The Morgan fingerprint density at radius 1 is 1.12 bits per heavy atom. The van der Waals surface area contributed by atoms with Crippen molar-refractivity contribution in [3.05, 3.63) is 65.7 Å². The first-order valence-electron chi connectivity index (χ1n) is 8.52. The highest BCUT2D eigenvalue weighted by molar-refractivity contribution is 5.75. The Hall–Kier alpha value is -2.53.